The van der Waals surface area contributed by atoms with Crippen molar-refractivity contribution in [2.24, 2.45) is 35.1 Å². The van der Waals surface area contributed by atoms with E-state index in [1.165, 1.54) is 24.7 Å². The standard InChI is InChI=1S/C42H66N10O10/c1-21(2)15-28(43)36(55)47-29(13-14-33(44)54)37(56)51-35(24(7)8)41(60)52-34(23(5)6)40(59)49-31(17-25-9-11-27(53)12-10-25)39(58)48-30(16-22(3)4)38(57)50-32(42(61)62)18-26-19-45-20-46-26/h9-12,19-24,28-32,34-35,53H,13-18,43H2,1-8H3,(H2,44,54)(H,45,46)(H,47,55)(H,48,58)(H,49,59)(H,50,57)(H,51,56)(H,52,60)(H,61,62)/t28-,29-,30-,31-,32-,34-,35-/m0/s1. The number of phenols is 1. The Labute approximate surface area is 362 Å². The zero-order valence-corrected chi connectivity index (χ0v) is 36.8. The molecule has 0 fully saturated rings. The lowest BCUT2D eigenvalue weighted by Crippen LogP contribution is -2.61. The van der Waals surface area contributed by atoms with Crippen molar-refractivity contribution in [2.45, 2.75) is 136 Å². The van der Waals surface area contributed by atoms with Crippen LogP contribution in [-0.2, 0) is 51.2 Å². The Morgan fingerprint density at radius 2 is 1.11 bits per heavy atom. The number of rotatable bonds is 26. The minimum Gasteiger partial charge on any atom is -0.508 e. The number of nitrogens with zero attached hydrogens (tertiary/aromatic N) is 1. The lowest BCUT2D eigenvalue weighted by molar-refractivity contribution is -0.142. The summed E-state index contributed by atoms with van der Waals surface area (Å²) in [5.41, 5.74) is 12.3. The number of carbonyl (C=O) groups excluding carboxylic acids is 7. The molecule has 20 heteroatoms. The molecule has 2 rings (SSSR count). The first-order valence-electron chi connectivity index (χ1n) is 20.8. The molecular weight excluding hydrogens is 805 g/mol. The number of nitrogens with two attached hydrogens (primary N) is 2. The van der Waals surface area contributed by atoms with Crippen molar-refractivity contribution in [1.82, 2.24) is 41.9 Å². The summed E-state index contributed by atoms with van der Waals surface area (Å²) in [4.78, 5) is 113. The third kappa shape index (κ3) is 17.9. The SMILES string of the molecule is CC(C)C[C@H](NC(=O)[C@H](Cc1ccc(O)cc1)NC(=O)[C@@H](NC(=O)[C@@H](NC(=O)[C@H](CCC(N)=O)NC(=O)[C@@H](N)CC(C)C)C(C)C)C(C)C)C(=O)N[C@@H](Cc1cnc[nH]1)C(=O)O. The summed E-state index contributed by atoms with van der Waals surface area (Å²) in [6, 6.07) is -2.73. The second-order valence-electron chi connectivity index (χ2n) is 17.1. The van der Waals surface area contributed by atoms with Crippen LogP contribution < -0.4 is 43.4 Å². The lowest BCUT2D eigenvalue weighted by atomic mass is 9.97. The molecule has 0 bridgehead atoms. The first-order chi connectivity index (χ1) is 29.0. The van der Waals surface area contributed by atoms with Crippen LogP contribution in [0.15, 0.2) is 36.8 Å². The van der Waals surface area contributed by atoms with E-state index in [0.717, 1.165) is 0 Å². The number of nitrogens with one attached hydrogen (secondary N) is 7. The zero-order chi connectivity index (χ0) is 46.8. The number of aromatic nitrogens is 2. The first kappa shape index (κ1) is 52.1. The van der Waals surface area contributed by atoms with E-state index in [9.17, 15) is 48.6 Å². The van der Waals surface area contributed by atoms with Gasteiger partial charge in [-0.05, 0) is 60.6 Å². The molecule has 0 radical (unpaired) electrons. The number of benzene rings is 1. The van der Waals surface area contributed by atoms with Gasteiger partial charge in [0.2, 0.25) is 41.4 Å². The van der Waals surface area contributed by atoms with E-state index in [1.807, 2.05) is 27.7 Å². The van der Waals surface area contributed by atoms with Crippen molar-refractivity contribution >= 4 is 47.3 Å². The maximum absolute atomic E-state index is 14.1. The smallest absolute Gasteiger partial charge is 0.326 e. The Hall–Kier alpha value is -6.05. The Bertz CT molecular complexity index is 1820. The number of H-pyrrole nitrogens is 1. The van der Waals surface area contributed by atoms with Gasteiger partial charge in [-0.25, -0.2) is 9.78 Å². The lowest BCUT2D eigenvalue weighted by Gasteiger charge is -2.30. The summed E-state index contributed by atoms with van der Waals surface area (Å²) in [6.45, 7) is 14.0. The van der Waals surface area contributed by atoms with Crippen LogP contribution in [0.25, 0.3) is 0 Å². The van der Waals surface area contributed by atoms with Crippen LogP contribution in [0, 0.1) is 23.7 Å². The van der Waals surface area contributed by atoms with Crippen molar-refractivity contribution in [3.8, 4) is 5.75 Å². The molecule has 0 aliphatic heterocycles. The first-order valence-corrected chi connectivity index (χ1v) is 20.8. The molecule has 0 saturated carbocycles. The van der Waals surface area contributed by atoms with Crippen LogP contribution in [-0.4, -0.2) is 110 Å². The predicted octanol–water partition coefficient (Wildman–Crippen LogP) is -0.109. The van der Waals surface area contributed by atoms with Gasteiger partial charge in [0.15, 0.2) is 0 Å². The minimum absolute atomic E-state index is 0.0405. The van der Waals surface area contributed by atoms with Gasteiger partial charge in [0, 0.05) is 31.2 Å². The summed E-state index contributed by atoms with van der Waals surface area (Å²) < 4.78 is 0. The zero-order valence-electron chi connectivity index (χ0n) is 36.8. The number of hydrogen-bond acceptors (Lipinski definition) is 11. The van der Waals surface area contributed by atoms with Crippen LogP contribution in [0.5, 0.6) is 5.75 Å². The maximum atomic E-state index is 14.1. The normalized spacial score (nSPS) is 14.8. The second kappa shape index (κ2) is 25.0. The van der Waals surface area contributed by atoms with Gasteiger partial charge in [-0.1, -0.05) is 67.5 Å². The molecule has 7 amide bonds. The number of amides is 7. The topological polar surface area (TPSA) is 330 Å². The Morgan fingerprint density at radius 1 is 0.629 bits per heavy atom. The fraction of sp³-hybridized carbons (Fsp3) is 0.595. The molecule has 0 aliphatic carbocycles. The van der Waals surface area contributed by atoms with E-state index in [4.69, 9.17) is 11.5 Å². The molecule has 2 aromatic rings. The van der Waals surface area contributed by atoms with Gasteiger partial charge in [0.05, 0.1) is 12.4 Å². The number of aromatic hydroxyl groups is 1. The van der Waals surface area contributed by atoms with Gasteiger partial charge in [-0.2, -0.15) is 0 Å². The molecule has 62 heavy (non-hydrogen) atoms. The third-order valence-electron chi connectivity index (χ3n) is 9.81. The molecule has 1 heterocycles. The second-order valence-corrected chi connectivity index (χ2v) is 17.1. The quantitative estimate of drug-likeness (QED) is 0.0590. The molecule has 13 N–H and O–H groups in total. The van der Waals surface area contributed by atoms with Gasteiger partial charge in [-0.15, -0.1) is 0 Å². The van der Waals surface area contributed by atoms with E-state index in [2.05, 4.69) is 41.9 Å². The van der Waals surface area contributed by atoms with Crippen molar-refractivity contribution in [2.75, 3.05) is 0 Å². The highest BCUT2D eigenvalue weighted by molar-refractivity contribution is 5.97. The molecule has 344 valence electrons. The third-order valence-corrected chi connectivity index (χ3v) is 9.81. The van der Waals surface area contributed by atoms with Crippen LogP contribution in [0.1, 0.15) is 92.3 Å². The molecule has 7 atom stereocenters. The molecule has 0 unspecified atom stereocenters. The number of aromatic amines is 1. The maximum Gasteiger partial charge on any atom is 0.326 e. The number of carbonyl (C=O) groups is 8. The average molecular weight is 871 g/mol. The molecule has 0 aliphatic rings. The average Bonchev–Trinajstić information content (AvgIpc) is 3.69. The van der Waals surface area contributed by atoms with E-state index in [1.54, 1.807) is 39.8 Å². The van der Waals surface area contributed by atoms with Gasteiger partial charge >= 0.3 is 5.97 Å². The number of phenolic OH excluding ortho intramolecular Hbond substituents is 1. The van der Waals surface area contributed by atoms with Crippen LogP contribution >= 0.6 is 0 Å². The summed E-state index contributed by atoms with van der Waals surface area (Å²) >= 11 is 0. The number of imidazole rings is 1. The van der Waals surface area contributed by atoms with Gasteiger partial charge in [0.1, 0.15) is 42.0 Å². The number of carboxylic acids is 1. The Morgan fingerprint density at radius 3 is 1.61 bits per heavy atom. The van der Waals surface area contributed by atoms with Crippen LogP contribution in [0.3, 0.4) is 0 Å². The van der Waals surface area contributed by atoms with Crippen LogP contribution in [0.2, 0.25) is 0 Å². The molecule has 0 saturated heterocycles. The molecule has 0 spiro atoms. The molecule has 1 aromatic heterocycles. The van der Waals surface area contributed by atoms with Gasteiger partial charge < -0.3 is 58.6 Å². The summed E-state index contributed by atoms with van der Waals surface area (Å²) in [5.74, 6) is -7.71. The van der Waals surface area contributed by atoms with Crippen molar-refractivity contribution in [3.05, 3.63) is 48.0 Å². The highest BCUT2D eigenvalue weighted by Gasteiger charge is 2.36. The number of aliphatic carboxylic acids is 1. The van der Waals surface area contributed by atoms with Crippen LogP contribution in [0.4, 0.5) is 0 Å². The summed E-state index contributed by atoms with van der Waals surface area (Å²) in [7, 11) is 0. The molecule has 1 aromatic carbocycles. The fourth-order valence-electron chi connectivity index (χ4n) is 6.42. The van der Waals surface area contributed by atoms with Gasteiger partial charge in [0.25, 0.3) is 0 Å². The monoisotopic (exact) mass is 870 g/mol. The van der Waals surface area contributed by atoms with E-state index in [-0.39, 0.29) is 49.7 Å². The van der Waals surface area contributed by atoms with Crippen molar-refractivity contribution in [3.63, 3.8) is 0 Å². The summed E-state index contributed by atoms with van der Waals surface area (Å²) in [6.07, 6.45) is 2.60. The number of primary amides is 1. The highest BCUT2D eigenvalue weighted by atomic mass is 16.4. The molecular formula is C42H66N10O10. The molecule has 20 nitrogen and oxygen atoms in total. The van der Waals surface area contributed by atoms with Gasteiger partial charge in [-0.3, -0.25) is 33.6 Å². The largest absolute Gasteiger partial charge is 0.508 e. The Kier molecular flexibility index (Phi) is 21.0. The highest BCUT2D eigenvalue weighted by Crippen LogP contribution is 2.15. The van der Waals surface area contributed by atoms with Crippen molar-refractivity contribution < 1.29 is 48.6 Å². The predicted molar refractivity (Wildman–Crippen MR) is 228 cm³/mol. The van der Waals surface area contributed by atoms with E-state index >= 15 is 0 Å². The van der Waals surface area contributed by atoms with Crippen molar-refractivity contribution in [1.29, 1.82) is 0 Å². The minimum atomic E-state index is -1.36. The number of hydrogen-bond donors (Lipinski definition) is 11. The Balaban J connectivity index is 2.37. The summed E-state index contributed by atoms with van der Waals surface area (Å²) in [5, 5.41) is 35.5. The fourth-order valence-corrected chi connectivity index (χ4v) is 6.42. The number of carboxylic acid groups (broad SMARTS) is 1. The van der Waals surface area contributed by atoms with E-state index < -0.39 is 101 Å². The van der Waals surface area contributed by atoms with E-state index in [0.29, 0.717) is 17.7 Å².